The molecule has 0 unspecified atom stereocenters. The number of benzene rings is 1. The zero-order valence-corrected chi connectivity index (χ0v) is 18.7. The molecular weight excluding hydrogens is 427 g/mol. The summed E-state index contributed by atoms with van der Waals surface area (Å²) in [6, 6.07) is 4.00. The van der Waals surface area contributed by atoms with E-state index in [0.717, 1.165) is 38.8 Å². The molecule has 1 aliphatic heterocycles. The monoisotopic (exact) mass is 454 g/mol. The van der Waals surface area contributed by atoms with E-state index in [0.29, 0.717) is 17.1 Å². The Kier molecular flexibility index (Phi) is 7.05. The van der Waals surface area contributed by atoms with E-state index in [9.17, 15) is 17.6 Å². The Labute approximate surface area is 182 Å². The van der Waals surface area contributed by atoms with Crippen molar-refractivity contribution < 1.29 is 17.6 Å². The number of hydrogen-bond donors (Lipinski definition) is 1. The summed E-state index contributed by atoms with van der Waals surface area (Å²) in [5.74, 6) is -0.565. The minimum absolute atomic E-state index is 0.0983. The predicted molar refractivity (Wildman–Crippen MR) is 119 cm³/mol. The summed E-state index contributed by atoms with van der Waals surface area (Å²) in [5, 5.41) is 3.02. The van der Waals surface area contributed by atoms with E-state index in [1.165, 1.54) is 30.4 Å². The van der Waals surface area contributed by atoms with E-state index in [4.69, 9.17) is 11.6 Å². The Morgan fingerprint density at radius 2 is 2.00 bits per heavy atom. The van der Waals surface area contributed by atoms with Crippen LogP contribution in [0.15, 0.2) is 41.8 Å². The summed E-state index contributed by atoms with van der Waals surface area (Å²) in [5.41, 5.74) is 0.566. The van der Waals surface area contributed by atoms with Gasteiger partial charge in [0.05, 0.1) is 5.75 Å². The highest BCUT2D eigenvalue weighted by atomic mass is 35.5. The molecule has 2 aliphatic rings. The summed E-state index contributed by atoms with van der Waals surface area (Å²) in [7, 11) is -3.23. The van der Waals surface area contributed by atoms with Crippen molar-refractivity contribution in [1.29, 1.82) is 0 Å². The van der Waals surface area contributed by atoms with E-state index in [1.54, 1.807) is 6.92 Å². The molecule has 0 bridgehead atoms. The molecule has 2 fully saturated rings. The minimum atomic E-state index is -3.23. The molecule has 0 aromatic heterocycles. The van der Waals surface area contributed by atoms with Crippen LogP contribution in [0.4, 0.5) is 10.1 Å². The maximum absolute atomic E-state index is 13.4. The number of hydrogen-bond acceptors (Lipinski definition) is 4. The molecule has 1 spiro atoms. The van der Waals surface area contributed by atoms with Crippen molar-refractivity contribution >= 4 is 33.0 Å². The van der Waals surface area contributed by atoms with Gasteiger partial charge in [-0.3, -0.25) is 4.79 Å². The fourth-order valence-electron chi connectivity index (χ4n) is 4.42. The standard InChI is InChI=1S/C22H28ClFN2O3S/c1-3-4-16(2)30(28,29)10-9-26-14-22(15-26)7-5-17(6-8-22)21(27)25-20-12-18(23)11-19(24)13-20/h3-4,11-13,17H,1,5-10,14-15H2,2H3,(H,25,27)/b16-4+. The molecule has 1 aliphatic carbocycles. The van der Waals surface area contributed by atoms with Gasteiger partial charge in [0.2, 0.25) is 5.91 Å². The summed E-state index contributed by atoms with van der Waals surface area (Å²) < 4.78 is 37.9. The molecule has 1 N–H and O–H groups in total. The number of allylic oxidation sites excluding steroid dienone is 3. The van der Waals surface area contributed by atoms with Gasteiger partial charge >= 0.3 is 0 Å². The summed E-state index contributed by atoms with van der Waals surface area (Å²) in [4.78, 5) is 15.1. The van der Waals surface area contributed by atoms with Crippen molar-refractivity contribution in [3.63, 3.8) is 0 Å². The Morgan fingerprint density at radius 1 is 1.33 bits per heavy atom. The number of likely N-dealkylation sites (tertiary alicyclic amines) is 1. The SMILES string of the molecule is C=C/C=C(\C)S(=O)(=O)CCN1CC2(CCC(C(=O)Nc3cc(F)cc(Cl)c3)CC2)C1. The largest absolute Gasteiger partial charge is 0.326 e. The van der Waals surface area contributed by atoms with Crippen LogP contribution >= 0.6 is 11.6 Å². The average Bonchev–Trinajstić information content (AvgIpc) is 2.64. The fraction of sp³-hybridized carbons (Fsp3) is 0.500. The molecular formula is C22H28ClFN2O3S. The van der Waals surface area contributed by atoms with Crippen molar-refractivity contribution in [2.75, 3.05) is 30.7 Å². The molecule has 30 heavy (non-hydrogen) atoms. The number of halogens is 2. The van der Waals surface area contributed by atoms with E-state index in [1.807, 2.05) is 0 Å². The van der Waals surface area contributed by atoms with E-state index in [-0.39, 0.29) is 28.0 Å². The third kappa shape index (κ3) is 5.50. The maximum Gasteiger partial charge on any atom is 0.227 e. The van der Waals surface area contributed by atoms with Crippen molar-refractivity contribution in [2.45, 2.75) is 32.6 Å². The lowest BCUT2D eigenvalue weighted by Crippen LogP contribution is -2.58. The van der Waals surface area contributed by atoms with Crippen LogP contribution in [0.2, 0.25) is 5.02 Å². The summed E-state index contributed by atoms with van der Waals surface area (Å²) in [6.07, 6.45) is 6.45. The smallest absolute Gasteiger partial charge is 0.227 e. The number of carbonyl (C=O) groups excluding carboxylic acids is 1. The molecule has 1 aromatic rings. The van der Waals surface area contributed by atoms with Crippen LogP contribution in [0.5, 0.6) is 0 Å². The van der Waals surface area contributed by atoms with Gasteiger partial charge < -0.3 is 10.2 Å². The van der Waals surface area contributed by atoms with Gasteiger partial charge in [0.1, 0.15) is 5.82 Å². The Morgan fingerprint density at radius 3 is 2.60 bits per heavy atom. The van der Waals surface area contributed by atoms with Gasteiger partial charge in [-0.2, -0.15) is 0 Å². The van der Waals surface area contributed by atoms with Crippen LogP contribution in [0.1, 0.15) is 32.6 Å². The summed E-state index contributed by atoms with van der Waals surface area (Å²) in [6.45, 7) is 7.41. The van der Waals surface area contributed by atoms with Gasteiger partial charge in [-0.05, 0) is 62.3 Å². The van der Waals surface area contributed by atoms with Crippen molar-refractivity contribution in [3.05, 3.63) is 52.7 Å². The van der Waals surface area contributed by atoms with Gasteiger partial charge in [0.25, 0.3) is 0 Å². The van der Waals surface area contributed by atoms with Crippen molar-refractivity contribution in [1.82, 2.24) is 4.90 Å². The highest BCUT2D eigenvalue weighted by Gasteiger charge is 2.45. The van der Waals surface area contributed by atoms with Crippen LogP contribution in [-0.4, -0.2) is 44.6 Å². The number of anilines is 1. The molecule has 0 radical (unpaired) electrons. The fourth-order valence-corrected chi connectivity index (χ4v) is 5.77. The second-order valence-corrected chi connectivity index (χ2v) is 11.2. The number of nitrogens with zero attached hydrogens (tertiary/aromatic N) is 1. The molecule has 1 saturated heterocycles. The second kappa shape index (κ2) is 9.20. The highest BCUT2D eigenvalue weighted by Crippen LogP contribution is 2.45. The van der Waals surface area contributed by atoms with Crippen LogP contribution < -0.4 is 5.32 Å². The molecule has 1 saturated carbocycles. The lowest BCUT2D eigenvalue weighted by atomic mass is 9.66. The van der Waals surface area contributed by atoms with Crippen molar-refractivity contribution in [2.24, 2.45) is 11.3 Å². The number of amides is 1. The second-order valence-electron chi connectivity index (χ2n) is 8.46. The Balaban J connectivity index is 1.44. The molecule has 1 heterocycles. The topological polar surface area (TPSA) is 66.5 Å². The van der Waals surface area contributed by atoms with Crippen LogP contribution in [0.3, 0.4) is 0 Å². The first-order chi connectivity index (χ1) is 14.1. The van der Waals surface area contributed by atoms with Crippen molar-refractivity contribution in [3.8, 4) is 0 Å². The van der Waals surface area contributed by atoms with Crippen LogP contribution in [0.25, 0.3) is 0 Å². The van der Waals surface area contributed by atoms with Crippen LogP contribution in [0, 0.1) is 17.2 Å². The maximum atomic E-state index is 13.4. The first kappa shape index (κ1) is 23.0. The number of nitrogens with one attached hydrogen (secondary N) is 1. The molecule has 0 atom stereocenters. The van der Waals surface area contributed by atoms with E-state index >= 15 is 0 Å². The van der Waals surface area contributed by atoms with E-state index in [2.05, 4.69) is 16.8 Å². The molecule has 5 nitrogen and oxygen atoms in total. The zero-order valence-electron chi connectivity index (χ0n) is 17.2. The van der Waals surface area contributed by atoms with E-state index < -0.39 is 15.7 Å². The predicted octanol–water partition coefficient (Wildman–Crippen LogP) is 4.41. The third-order valence-electron chi connectivity index (χ3n) is 6.18. The van der Waals surface area contributed by atoms with Gasteiger partial charge in [-0.15, -0.1) is 0 Å². The average molecular weight is 455 g/mol. The molecule has 164 valence electrons. The van der Waals surface area contributed by atoms with Gasteiger partial charge in [0, 0.05) is 41.2 Å². The first-order valence-corrected chi connectivity index (χ1v) is 12.2. The highest BCUT2D eigenvalue weighted by molar-refractivity contribution is 7.95. The lowest BCUT2D eigenvalue weighted by molar-refractivity contribution is -0.123. The molecule has 1 amide bonds. The van der Waals surface area contributed by atoms with Crippen LogP contribution in [-0.2, 0) is 14.6 Å². The Bertz CT molecular complexity index is 925. The van der Waals surface area contributed by atoms with Gasteiger partial charge in [0.15, 0.2) is 9.84 Å². The van der Waals surface area contributed by atoms with Gasteiger partial charge in [-0.1, -0.05) is 24.3 Å². The van der Waals surface area contributed by atoms with Gasteiger partial charge in [-0.25, -0.2) is 12.8 Å². The molecule has 3 rings (SSSR count). The minimum Gasteiger partial charge on any atom is -0.326 e. The number of rotatable bonds is 7. The quantitative estimate of drug-likeness (QED) is 0.619. The zero-order chi connectivity index (χ0) is 21.9. The molecule has 1 aromatic carbocycles. The third-order valence-corrected chi connectivity index (χ3v) is 8.24. The number of carbonyl (C=O) groups is 1. The summed E-state index contributed by atoms with van der Waals surface area (Å²) >= 11 is 5.84. The number of sulfone groups is 1. The lowest BCUT2D eigenvalue weighted by Gasteiger charge is -2.53. The Hall–Kier alpha value is -1.70. The normalized spacial score (nSPS) is 20.0. The molecule has 8 heteroatoms. The first-order valence-electron chi connectivity index (χ1n) is 10.1.